The first-order valence-electron chi connectivity index (χ1n) is 4.93. The van der Waals surface area contributed by atoms with Crippen LogP contribution in [-0.4, -0.2) is 14.2 Å². The molecule has 0 amide bonds. The maximum Gasteiger partial charge on any atom is 0.141 e. The van der Waals surface area contributed by atoms with E-state index in [1.807, 2.05) is 13.1 Å². The van der Waals surface area contributed by atoms with Crippen LogP contribution >= 0.6 is 0 Å². The molecule has 0 aromatic rings. The van der Waals surface area contributed by atoms with Crippen molar-refractivity contribution in [1.29, 1.82) is 0 Å². The lowest BCUT2D eigenvalue weighted by Gasteiger charge is -2.20. The van der Waals surface area contributed by atoms with Crippen LogP contribution in [0.1, 0.15) is 20.8 Å². The van der Waals surface area contributed by atoms with E-state index in [0.29, 0.717) is 5.76 Å². The molecule has 0 fully saturated rings. The molecule has 0 saturated heterocycles. The predicted octanol–water partition coefficient (Wildman–Crippen LogP) is 2.14. The van der Waals surface area contributed by atoms with Gasteiger partial charge in [0.2, 0.25) is 0 Å². The minimum Gasteiger partial charge on any atom is -0.495 e. The van der Waals surface area contributed by atoms with Crippen molar-refractivity contribution in [2.75, 3.05) is 14.2 Å². The predicted molar refractivity (Wildman–Crippen MR) is 65.0 cm³/mol. The number of hydrogen-bond donors (Lipinski definition) is 2. The van der Waals surface area contributed by atoms with Crippen LogP contribution in [0.15, 0.2) is 35.9 Å². The highest BCUT2D eigenvalue weighted by atomic mass is 16.5. The summed E-state index contributed by atoms with van der Waals surface area (Å²) in [5.41, 5.74) is 7.55. The van der Waals surface area contributed by atoms with Crippen molar-refractivity contribution in [3.8, 4) is 0 Å². The molecule has 0 spiro atoms. The molecule has 0 aliphatic rings. The Morgan fingerprint density at radius 3 is 2.20 bits per heavy atom. The quantitative estimate of drug-likeness (QED) is 0.552. The number of hydrogen-bond acceptors (Lipinski definition) is 3. The third-order valence-corrected chi connectivity index (χ3v) is 2.11. The van der Waals surface area contributed by atoms with Crippen LogP contribution in [0.25, 0.3) is 0 Å². The molecule has 0 radical (unpaired) electrons. The van der Waals surface area contributed by atoms with E-state index in [1.54, 1.807) is 13.2 Å². The zero-order valence-electron chi connectivity index (χ0n) is 10.3. The lowest BCUT2D eigenvalue weighted by Crippen LogP contribution is -2.19. The highest BCUT2D eigenvalue weighted by Gasteiger charge is 2.14. The first-order chi connectivity index (χ1) is 6.86. The van der Waals surface area contributed by atoms with E-state index in [2.05, 4.69) is 32.7 Å². The lowest BCUT2D eigenvalue weighted by atomic mass is 9.91. The van der Waals surface area contributed by atoms with Crippen molar-refractivity contribution in [1.82, 2.24) is 5.32 Å². The van der Waals surface area contributed by atoms with Gasteiger partial charge in [0.05, 0.1) is 12.8 Å². The zero-order valence-corrected chi connectivity index (χ0v) is 10.3. The van der Waals surface area contributed by atoms with Crippen molar-refractivity contribution in [3.63, 3.8) is 0 Å². The molecule has 3 heteroatoms. The summed E-state index contributed by atoms with van der Waals surface area (Å²) >= 11 is 0. The monoisotopic (exact) mass is 210 g/mol. The molecule has 86 valence electrons. The molecular formula is C12H22N2O. The molecule has 0 rings (SSSR count). The van der Waals surface area contributed by atoms with Crippen molar-refractivity contribution in [2.45, 2.75) is 20.8 Å². The molecular weight excluding hydrogens is 188 g/mol. The summed E-state index contributed by atoms with van der Waals surface area (Å²) in [6.45, 7) is 9.86. The Kier molecular flexibility index (Phi) is 4.98. The molecule has 0 aromatic heterocycles. The zero-order chi connectivity index (χ0) is 12.1. The van der Waals surface area contributed by atoms with Gasteiger partial charge in [-0.3, -0.25) is 0 Å². The van der Waals surface area contributed by atoms with Crippen molar-refractivity contribution < 1.29 is 4.74 Å². The Morgan fingerprint density at radius 1 is 1.40 bits per heavy atom. The maximum absolute atomic E-state index is 5.97. The topological polar surface area (TPSA) is 47.3 Å². The fraction of sp³-hybridized carbons (Fsp3) is 0.500. The van der Waals surface area contributed by atoms with Gasteiger partial charge in [-0.1, -0.05) is 27.4 Å². The molecule has 0 atom stereocenters. The number of allylic oxidation sites excluding steroid dienone is 3. The van der Waals surface area contributed by atoms with Crippen LogP contribution < -0.4 is 11.1 Å². The molecule has 0 aliphatic heterocycles. The molecule has 0 unspecified atom stereocenters. The smallest absolute Gasteiger partial charge is 0.141 e. The number of methoxy groups -OCH3 is 1. The molecule has 0 aliphatic carbocycles. The van der Waals surface area contributed by atoms with Crippen LogP contribution in [0.2, 0.25) is 0 Å². The van der Waals surface area contributed by atoms with E-state index in [4.69, 9.17) is 10.5 Å². The number of nitrogens with one attached hydrogen (secondary N) is 1. The Bertz CT molecular complexity index is 282. The Hall–Kier alpha value is -1.38. The standard InChI is InChI=1S/C12H22N2O/c1-7-10(15-6)9(14-5)8-11(13)12(2,3)4/h7-8,14H,1,13H2,2-6H3/b10-9-,11-8-. The fourth-order valence-electron chi connectivity index (χ4n) is 0.942. The normalized spacial score (nSPS) is 14.3. The van der Waals surface area contributed by atoms with Gasteiger partial charge in [0.1, 0.15) is 5.76 Å². The van der Waals surface area contributed by atoms with Crippen LogP contribution in [0, 0.1) is 5.41 Å². The Labute approximate surface area is 92.7 Å². The molecule has 0 saturated carbocycles. The van der Waals surface area contributed by atoms with E-state index in [-0.39, 0.29) is 5.41 Å². The number of likely N-dealkylation sites (N-methyl/N-ethyl adjacent to an activating group) is 1. The van der Waals surface area contributed by atoms with Gasteiger partial charge in [-0.15, -0.1) is 0 Å². The number of ether oxygens (including phenoxy) is 1. The van der Waals surface area contributed by atoms with E-state index in [9.17, 15) is 0 Å². The second kappa shape index (κ2) is 5.49. The molecule has 0 heterocycles. The van der Waals surface area contributed by atoms with Crippen LogP contribution in [-0.2, 0) is 4.74 Å². The third kappa shape index (κ3) is 4.11. The average molecular weight is 210 g/mol. The van der Waals surface area contributed by atoms with Gasteiger partial charge in [-0.2, -0.15) is 0 Å². The fourth-order valence-corrected chi connectivity index (χ4v) is 0.942. The molecule has 0 bridgehead atoms. The minimum atomic E-state index is -0.0535. The minimum absolute atomic E-state index is 0.0535. The van der Waals surface area contributed by atoms with Crippen molar-refractivity contribution >= 4 is 0 Å². The second-order valence-electron chi connectivity index (χ2n) is 4.29. The summed E-state index contributed by atoms with van der Waals surface area (Å²) in [6, 6.07) is 0. The average Bonchev–Trinajstić information content (AvgIpc) is 2.16. The Balaban J connectivity index is 5.19. The highest BCUT2D eigenvalue weighted by molar-refractivity contribution is 5.30. The maximum atomic E-state index is 5.97. The van der Waals surface area contributed by atoms with Gasteiger partial charge in [0.15, 0.2) is 0 Å². The molecule has 15 heavy (non-hydrogen) atoms. The van der Waals surface area contributed by atoms with E-state index < -0.39 is 0 Å². The van der Waals surface area contributed by atoms with Gasteiger partial charge in [-0.25, -0.2) is 0 Å². The Morgan fingerprint density at radius 2 is 1.93 bits per heavy atom. The van der Waals surface area contributed by atoms with Gasteiger partial charge in [0, 0.05) is 18.2 Å². The van der Waals surface area contributed by atoms with E-state index >= 15 is 0 Å². The summed E-state index contributed by atoms with van der Waals surface area (Å²) < 4.78 is 5.16. The SMILES string of the molecule is C=C/C(OC)=C(\C=C(/N)C(C)(C)C)NC. The van der Waals surface area contributed by atoms with Crippen LogP contribution in [0.5, 0.6) is 0 Å². The van der Waals surface area contributed by atoms with E-state index in [1.165, 1.54) is 0 Å². The largest absolute Gasteiger partial charge is 0.495 e. The lowest BCUT2D eigenvalue weighted by molar-refractivity contribution is 0.301. The van der Waals surface area contributed by atoms with E-state index in [0.717, 1.165) is 11.4 Å². The summed E-state index contributed by atoms with van der Waals surface area (Å²) in [7, 11) is 3.43. The van der Waals surface area contributed by atoms with Crippen molar-refractivity contribution in [3.05, 3.63) is 35.9 Å². The van der Waals surface area contributed by atoms with Gasteiger partial charge < -0.3 is 15.8 Å². The molecule has 3 N–H and O–H groups in total. The summed E-state index contributed by atoms with van der Waals surface area (Å²) in [5, 5.41) is 3.03. The second-order valence-corrected chi connectivity index (χ2v) is 4.29. The van der Waals surface area contributed by atoms with Gasteiger partial charge in [0.25, 0.3) is 0 Å². The number of rotatable bonds is 4. The van der Waals surface area contributed by atoms with Crippen LogP contribution in [0.3, 0.4) is 0 Å². The highest BCUT2D eigenvalue weighted by Crippen LogP contribution is 2.22. The summed E-state index contributed by atoms with van der Waals surface area (Å²) in [6.07, 6.45) is 3.53. The molecule has 3 nitrogen and oxygen atoms in total. The third-order valence-electron chi connectivity index (χ3n) is 2.11. The summed E-state index contributed by atoms with van der Waals surface area (Å²) in [4.78, 5) is 0. The van der Waals surface area contributed by atoms with Gasteiger partial charge in [-0.05, 0) is 12.2 Å². The van der Waals surface area contributed by atoms with Crippen LogP contribution in [0.4, 0.5) is 0 Å². The first-order valence-corrected chi connectivity index (χ1v) is 4.93. The van der Waals surface area contributed by atoms with Crippen molar-refractivity contribution in [2.24, 2.45) is 11.1 Å². The molecule has 0 aromatic carbocycles. The van der Waals surface area contributed by atoms with Gasteiger partial charge >= 0.3 is 0 Å². The summed E-state index contributed by atoms with van der Waals surface area (Å²) in [5.74, 6) is 0.685. The first kappa shape index (κ1) is 13.6. The number of nitrogens with two attached hydrogens (primary N) is 1.